The van der Waals surface area contributed by atoms with E-state index in [2.05, 4.69) is 11.8 Å². The lowest BCUT2D eigenvalue weighted by molar-refractivity contribution is -0.0523. The van der Waals surface area contributed by atoms with E-state index in [1.807, 2.05) is 0 Å². The summed E-state index contributed by atoms with van der Waals surface area (Å²) in [4.78, 5) is 2.67. The number of hydrogen-bond acceptors (Lipinski definition) is 3. The highest BCUT2D eigenvalue weighted by molar-refractivity contribution is 4.94. The molecule has 1 spiro atoms. The first-order valence-corrected chi connectivity index (χ1v) is 8.88. The van der Waals surface area contributed by atoms with E-state index in [1.54, 1.807) is 0 Å². The first-order chi connectivity index (χ1) is 9.76. The molecule has 1 saturated heterocycles. The lowest BCUT2D eigenvalue weighted by Gasteiger charge is -2.34. The van der Waals surface area contributed by atoms with Crippen molar-refractivity contribution >= 4 is 0 Å². The molecule has 0 aromatic rings. The van der Waals surface area contributed by atoms with Crippen LogP contribution in [0.15, 0.2) is 0 Å². The van der Waals surface area contributed by atoms with Crippen molar-refractivity contribution in [1.82, 2.24) is 4.90 Å². The first-order valence-electron chi connectivity index (χ1n) is 8.88. The Labute approximate surface area is 124 Å². The van der Waals surface area contributed by atoms with Crippen LogP contribution in [0.4, 0.5) is 0 Å². The maximum atomic E-state index is 6.50. The summed E-state index contributed by atoms with van der Waals surface area (Å²) >= 11 is 0. The zero-order chi connectivity index (χ0) is 14.0. The third kappa shape index (κ3) is 2.90. The quantitative estimate of drug-likeness (QED) is 0.841. The van der Waals surface area contributed by atoms with E-state index in [1.165, 1.54) is 57.8 Å². The fourth-order valence-electron chi connectivity index (χ4n) is 4.94. The van der Waals surface area contributed by atoms with Gasteiger partial charge < -0.3 is 10.5 Å². The molecule has 0 aromatic carbocycles. The molecule has 116 valence electrons. The Morgan fingerprint density at radius 2 is 1.90 bits per heavy atom. The molecule has 3 atom stereocenters. The highest BCUT2D eigenvalue weighted by Gasteiger charge is 2.43. The average Bonchev–Trinajstić information content (AvgIpc) is 3.18. The summed E-state index contributed by atoms with van der Waals surface area (Å²) in [7, 11) is 0. The summed E-state index contributed by atoms with van der Waals surface area (Å²) < 4.78 is 6.50. The van der Waals surface area contributed by atoms with Gasteiger partial charge in [0, 0.05) is 12.6 Å². The molecule has 1 heterocycles. The summed E-state index contributed by atoms with van der Waals surface area (Å²) in [6.45, 7) is 5.44. The maximum Gasteiger partial charge on any atom is 0.0710 e. The number of likely N-dealkylation sites (N-methyl/N-ethyl adjacent to an activating group) is 1. The van der Waals surface area contributed by atoms with E-state index in [0.29, 0.717) is 12.1 Å². The van der Waals surface area contributed by atoms with Crippen molar-refractivity contribution in [2.45, 2.75) is 82.5 Å². The third-order valence-corrected chi connectivity index (χ3v) is 6.09. The SMILES string of the molecule is CCN(CC1CCC2(CCCC2)O1)C1CCCC1CN. The first kappa shape index (κ1) is 14.8. The number of hydrogen-bond donors (Lipinski definition) is 1. The number of rotatable bonds is 5. The van der Waals surface area contributed by atoms with Gasteiger partial charge in [0.1, 0.15) is 0 Å². The topological polar surface area (TPSA) is 38.5 Å². The molecule has 2 N–H and O–H groups in total. The van der Waals surface area contributed by atoms with Crippen molar-refractivity contribution in [1.29, 1.82) is 0 Å². The van der Waals surface area contributed by atoms with Crippen LogP contribution in [0, 0.1) is 5.92 Å². The summed E-state index contributed by atoms with van der Waals surface area (Å²) in [6, 6.07) is 0.716. The smallest absolute Gasteiger partial charge is 0.0710 e. The molecule has 0 aromatic heterocycles. The predicted molar refractivity (Wildman–Crippen MR) is 82.7 cm³/mol. The fourth-order valence-corrected chi connectivity index (χ4v) is 4.94. The van der Waals surface area contributed by atoms with Crippen molar-refractivity contribution in [3.63, 3.8) is 0 Å². The number of nitrogens with two attached hydrogens (primary N) is 1. The molecule has 20 heavy (non-hydrogen) atoms. The normalized spacial score (nSPS) is 36.5. The Hall–Kier alpha value is -0.120. The molecule has 1 aliphatic heterocycles. The van der Waals surface area contributed by atoms with Crippen LogP contribution in [0.25, 0.3) is 0 Å². The van der Waals surface area contributed by atoms with Crippen LogP contribution in [0.1, 0.15) is 64.7 Å². The van der Waals surface area contributed by atoms with E-state index in [0.717, 1.165) is 25.6 Å². The summed E-state index contributed by atoms with van der Waals surface area (Å²) in [5, 5.41) is 0. The molecule has 3 fully saturated rings. The molecule has 0 amide bonds. The lowest BCUT2D eigenvalue weighted by atomic mass is 9.98. The second-order valence-corrected chi connectivity index (χ2v) is 7.25. The van der Waals surface area contributed by atoms with Crippen LogP contribution in [0.5, 0.6) is 0 Å². The minimum atomic E-state index is 0.285. The highest BCUT2D eigenvalue weighted by Crippen LogP contribution is 2.43. The van der Waals surface area contributed by atoms with E-state index in [4.69, 9.17) is 10.5 Å². The summed E-state index contributed by atoms with van der Waals surface area (Å²) in [5.41, 5.74) is 6.25. The summed E-state index contributed by atoms with van der Waals surface area (Å²) in [6.07, 6.45) is 12.5. The molecule has 2 saturated carbocycles. The Morgan fingerprint density at radius 3 is 2.60 bits per heavy atom. The third-order valence-electron chi connectivity index (χ3n) is 6.09. The standard InChI is InChI=1S/C17H32N2O/c1-2-19(16-7-5-6-14(16)12-18)13-15-8-11-17(20-15)9-3-4-10-17/h14-16H,2-13,18H2,1H3. The van der Waals surface area contributed by atoms with Crippen LogP contribution >= 0.6 is 0 Å². The number of ether oxygens (including phenoxy) is 1. The zero-order valence-electron chi connectivity index (χ0n) is 13.2. The molecule has 0 radical (unpaired) electrons. The Morgan fingerprint density at radius 1 is 1.10 bits per heavy atom. The van der Waals surface area contributed by atoms with E-state index >= 15 is 0 Å². The van der Waals surface area contributed by atoms with Crippen molar-refractivity contribution in [3.8, 4) is 0 Å². The predicted octanol–water partition coefficient (Wildman–Crippen LogP) is 2.93. The number of nitrogens with zero attached hydrogens (tertiary/aromatic N) is 1. The van der Waals surface area contributed by atoms with Gasteiger partial charge in [-0.25, -0.2) is 0 Å². The van der Waals surface area contributed by atoms with Crippen molar-refractivity contribution in [2.75, 3.05) is 19.6 Å². The Balaban J connectivity index is 1.56. The molecule has 3 nitrogen and oxygen atoms in total. The average molecular weight is 280 g/mol. The van der Waals surface area contributed by atoms with Gasteiger partial charge in [0.05, 0.1) is 11.7 Å². The molecular weight excluding hydrogens is 248 g/mol. The van der Waals surface area contributed by atoms with Gasteiger partial charge in [0.25, 0.3) is 0 Å². The minimum absolute atomic E-state index is 0.285. The zero-order valence-corrected chi connectivity index (χ0v) is 13.2. The van der Waals surface area contributed by atoms with Crippen molar-refractivity contribution in [3.05, 3.63) is 0 Å². The van der Waals surface area contributed by atoms with Gasteiger partial charge in [-0.15, -0.1) is 0 Å². The minimum Gasteiger partial charge on any atom is -0.370 e. The van der Waals surface area contributed by atoms with E-state index < -0.39 is 0 Å². The van der Waals surface area contributed by atoms with Crippen molar-refractivity contribution in [2.24, 2.45) is 11.7 Å². The van der Waals surface area contributed by atoms with Crippen LogP contribution in [0.2, 0.25) is 0 Å². The van der Waals surface area contributed by atoms with Gasteiger partial charge >= 0.3 is 0 Å². The van der Waals surface area contributed by atoms with E-state index in [-0.39, 0.29) is 5.60 Å². The highest BCUT2D eigenvalue weighted by atomic mass is 16.5. The largest absolute Gasteiger partial charge is 0.370 e. The van der Waals surface area contributed by atoms with Gasteiger partial charge in [-0.05, 0) is 57.5 Å². The van der Waals surface area contributed by atoms with Crippen LogP contribution < -0.4 is 5.73 Å². The second kappa shape index (κ2) is 6.33. The van der Waals surface area contributed by atoms with Gasteiger partial charge in [0.15, 0.2) is 0 Å². The molecule has 2 aliphatic carbocycles. The van der Waals surface area contributed by atoms with Crippen molar-refractivity contribution < 1.29 is 4.74 Å². The van der Waals surface area contributed by atoms with Gasteiger partial charge in [-0.2, -0.15) is 0 Å². The Kier molecular flexibility index (Phi) is 4.68. The summed E-state index contributed by atoms with van der Waals surface area (Å²) in [5.74, 6) is 0.719. The van der Waals surface area contributed by atoms with Crippen LogP contribution in [0.3, 0.4) is 0 Å². The fraction of sp³-hybridized carbons (Fsp3) is 1.00. The Bertz CT molecular complexity index is 314. The van der Waals surface area contributed by atoms with Crippen LogP contribution in [-0.4, -0.2) is 42.3 Å². The molecule has 3 aliphatic rings. The lowest BCUT2D eigenvalue weighted by Crippen LogP contribution is -2.44. The molecule has 3 rings (SSSR count). The molecular formula is C17H32N2O. The molecule has 0 bridgehead atoms. The van der Waals surface area contributed by atoms with Crippen LogP contribution in [-0.2, 0) is 4.74 Å². The molecule has 3 unspecified atom stereocenters. The van der Waals surface area contributed by atoms with Gasteiger partial charge in [-0.3, -0.25) is 4.90 Å². The van der Waals surface area contributed by atoms with Gasteiger partial charge in [-0.1, -0.05) is 26.2 Å². The maximum absolute atomic E-state index is 6.50. The monoisotopic (exact) mass is 280 g/mol. The second-order valence-electron chi connectivity index (χ2n) is 7.25. The molecule has 3 heteroatoms. The van der Waals surface area contributed by atoms with E-state index in [9.17, 15) is 0 Å². The van der Waals surface area contributed by atoms with Gasteiger partial charge in [0.2, 0.25) is 0 Å².